The predicted octanol–water partition coefficient (Wildman–Crippen LogP) is 0.507. The summed E-state index contributed by atoms with van der Waals surface area (Å²) in [6.45, 7) is 12.2. The van der Waals surface area contributed by atoms with Crippen molar-refractivity contribution >= 4 is 5.91 Å². The van der Waals surface area contributed by atoms with Gasteiger partial charge in [-0.2, -0.15) is 0 Å². The zero-order valence-corrected chi connectivity index (χ0v) is 13.2. The smallest absolute Gasteiger partial charge is 0.219 e. The van der Waals surface area contributed by atoms with E-state index in [1.165, 1.54) is 13.1 Å². The molecular weight excluding hydrogens is 254 g/mol. The number of carbonyl (C=O) groups is 1. The van der Waals surface area contributed by atoms with Crippen molar-refractivity contribution in [1.82, 2.24) is 14.7 Å². The third-order valence-corrected chi connectivity index (χ3v) is 4.70. The highest BCUT2D eigenvalue weighted by Crippen LogP contribution is 2.23. The first-order valence-electron chi connectivity index (χ1n) is 7.82. The quantitative estimate of drug-likeness (QED) is 0.689. The summed E-state index contributed by atoms with van der Waals surface area (Å²) in [6, 6.07) is 0.659. The lowest BCUT2D eigenvalue weighted by atomic mass is 10.0. The molecule has 0 radical (unpaired) electrons. The van der Waals surface area contributed by atoms with Crippen molar-refractivity contribution in [2.24, 2.45) is 5.92 Å². The van der Waals surface area contributed by atoms with Gasteiger partial charge >= 0.3 is 0 Å². The van der Waals surface area contributed by atoms with Gasteiger partial charge in [-0.15, -0.1) is 0 Å². The fourth-order valence-electron chi connectivity index (χ4n) is 3.51. The Morgan fingerprint density at radius 3 is 2.50 bits per heavy atom. The van der Waals surface area contributed by atoms with Crippen LogP contribution in [0.5, 0.6) is 0 Å². The van der Waals surface area contributed by atoms with Crippen LogP contribution in [0.2, 0.25) is 0 Å². The number of amides is 1. The molecule has 0 bridgehead atoms. The molecule has 2 aliphatic rings. The van der Waals surface area contributed by atoms with E-state index in [0.29, 0.717) is 6.04 Å². The van der Waals surface area contributed by atoms with E-state index in [2.05, 4.69) is 16.7 Å². The van der Waals surface area contributed by atoms with Crippen LogP contribution in [0.1, 0.15) is 20.3 Å². The second-order valence-electron chi connectivity index (χ2n) is 6.19. The summed E-state index contributed by atoms with van der Waals surface area (Å²) < 4.78 is 5.13. The maximum Gasteiger partial charge on any atom is 0.219 e. The van der Waals surface area contributed by atoms with Crippen LogP contribution in [0.25, 0.3) is 0 Å². The lowest BCUT2D eigenvalue weighted by molar-refractivity contribution is -0.130. The Kier molecular flexibility index (Phi) is 5.81. The second kappa shape index (κ2) is 7.38. The molecule has 0 aromatic carbocycles. The zero-order chi connectivity index (χ0) is 14.5. The van der Waals surface area contributed by atoms with E-state index in [0.717, 1.165) is 51.7 Å². The largest absolute Gasteiger partial charge is 0.385 e. The molecule has 0 spiro atoms. The van der Waals surface area contributed by atoms with E-state index >= 15 is 0 Å². The molecule has 2 saturated heterocycles. The van der Waals surface area contributed by atoms with Crippen molar-refractivity contribution in [2.75, 3.05) is 59.5 Å². The number of likely N-dealkylation sites (tertiary alicyclic amines) is 1. The number of carbonyl (C=O) groups excluding carboxylic acids is 1. The van der Waals surface area contributed by atoms with Gasteiger partial charge in [0.2, 0.25) is 5.91 Å². The highest BCUT2D eigenvalue weighted by atomic mass is 16.5. The molecule has 0 aromatic heterocycles. The van der Waals surface area contributed by atoms with Gasteiger partial charge in [-0.1, -0.05) is 6.92 Å². The summed E-state index contributed by atoms with van der Waals surface area (Å²) in [5.41, 5.74) is 0. The molecule has 5 nitrogen and oxygen atoms in total. The average Bonchev–Trinajstić information content (AvgIpc) is 2.80. The molecule has 1 amide bonds. The van der Waals surface area contributed by atoms with E-state index in [-0.39, 0.29) is 5.91 Å². The van der Waals surface area contributed by atoms with Crippen molar-refractivity contribution in [1.29, 1.82) is 0 Å². The van der Waals surface area contributed by atoms with Gasteiger partial charge in [-0.3, -0.25) is 9.69 Å². The van der Waals surface area contributed by atoms with Crippen molar-refractivity contribution in [2.45, 2.75) is 26.3 Å². The summed E-state index contributed by atoms with van der Waals surface area (Å²) >= 11 is 0. The molecule has 5 heteroatoms. The van der Waals surface area contributed by atoms with E-state index in [9.17, 15) is 4.79 Å². The lowest BCUT2D eigenvalue weighted by Gasteiger charge is -2.39. The Morgan fingerprint density at radius 2 is 1.90 bits per heavy atom. The maximum atomic E-state index is 11.4. The van der Waals surface area contributed by atoms with Crippen molar-refractivity contribution in [3.05, 3.63) is 0 Å². The van der Waals surface area contributed by atoms with Gasteiger partial charge in [0.25, 0.3) is 0 Å². The summed E-state index contributed by atoms with van der Waals surface area (Å²) in [5, 5.41) is 0. The van der Waals surface area contributed by atoms with Gasteiger partial charge in [0.15, 0.2) is 0 Å². The summed E-state index contributed by atoms with van der Waals surface area (Å²) in [6.07, 6.45) is 1.12. The van der Waals surface area contributed by atoms with E-state index in [4.69, 9.17) is 4.74 Å². The van der Waals surface area contributed by atoms with Crippen molar-refractivity contribution in [3.63, 3.8) is 0 Å². The standard InChI is InChI=1S/C15H29N3O2/c1-13-11-16(5-4-10-20-3)12-15(13)18-8-6-17(7-9-18)14(2)19/h13,15H,4-12H2,1-3H3. The van der Waals surface area contributed by atoms with E-state index < -0.39 is 0 Å². The third kappa shape index (κ3) is 3.93. The molecule has 0 N–H and O–H groups in total. The second-order valence-corrected chi connectivity index (χ2v) is 6.19. The Labute approximate surface area is 122 Å². The van der Waals surface area contributed by atoms with Crippen LogP contribution < -0.4 is 0 Å². The summed E-state index contributed by atoms with van der Waals surface area (Å²) in [7, 11) is 1.77. The first-order chi connectivity index (χ1) is 9.61. The fourth-order valence-corrected chi connectivity index (χ4v) is 3.51. The molecule has 2 fully saturated rings. The molecular formula is C15H29N3O2. The highest BCUT2D eigenvalue weighted by Gasteiger charge is 2.35. The minimum Gasteiger partial charge on any atom is -0.385 e. The van der Waals surface area contributed by atoms with Crippen LogP contribution >= 0.6 is 0 Å². The number of piperazine rings is 1. The summed E-state index contributed by atoms with van der Waals surface area (Å²) in [5.74, 6) is 0.937. The molecule has 20 heavy (non-hydrogen) atoms. The van der Waals surface area contributed by atoms with Crippen molar-refractivity contribution in [3.8, 4) is 0 Å². The van der Waals surface area contributed by atoms with Crippen LogP contribution in [0.4, 0.5) is 0 Å². The van der Waals surface area contributed by atoms with Crippen LogP contribution in [0.15, 0.2) is 0 Å². The predicted molar refractivity (Wildman–Crippen MR) is 79.7 cm³/mol. The summed E-state index contributed by atoms with van der Waals surface area (Å²) in [4.78, 5) is 18.5. The van der Waals surface area contributed by atoms with Gasteiger partial charge in [0.1, 0.15) is 0 Å². The van der Waals surface area contributed by atoms with Gasteiger partial charge in [0.05, 0.1) is 0 Å². The SMILES string of the molecule is COCCCN1CC(C)C(N2CCN(C(C)=O)CC2)C1. The number of ether oxygens (including phenoxy) is 1. The Balaban J connectivity index is 1.77. The Morgan fingerprint density at radius 1 is 1.20 bits per heavy atom. The topological polar surface area (TPSA) is 36.0 Å². The fraction of sp³-hybridized carbons (Fsp3) is 0.933. The minimum atomic E-state index is 0.213. The molecule has 0 aliphatic carbocycles. The van der Waals surface area contributed by atoms with Gasteiger partial charge in [-0.05, 0) is 12.3 Å². The lowest BCUT2D eigenvalue weighted by Crippen LogP contribution is -2.53. The van der Waals surface area contributed by atoms with E-state index in [1.807, 2.05) is 4.90 Å². The molecule has 0 saturated carbocycles. The van der Waals surface area contributed by atoms with Crippen LogP contribution in [-0.2, 0) is 9.53 Å². The molecule has 2 unspecified atom stereocenters. The number of rotatable bonds is 5. The Hall–Kier alpha value is -0.650. The normalized spacial score (nSPS) is 29.1. The Bertz CT molecular complexity index is 316. The van der Waals surface area contributed by atoms with Crippen LogP contribution in [0, 0.1) is 5.92 Å². The first-order valence-corrected chi connectivity index (χ1v) is 7.82. The number of methoxy groups -OCH3 is 1. The minimum absolute atomic E-state index is 0.213. The molecule has 2 rings (SSSR count). The van der Waals surface area contributed by atoms with E-state index in [1.54, 1.807) is 14.0 Å². The molecule has 116 valence electrons. The maximum absolute atomic E-state index is 11.4. The molecule has 2 heterocycles. The van der Waals surface area contributed by atoms with Crippen molar-refractivity contribution < 1.29 is 9.53 Å². The number of hydrogen-bond acceptors (Lipinski definition) is 4. The number of hydrogen-bond donors (Lipinski definition) is 0. The first kappa shape index (κ1) is 15.7. The third-order valence-electron chi connectivity index (χ3n) is 4.70. The average molecular weight is 283 g/mol. The molecule has 2 aliphatic heterocycles. The van der Waals surface area contributed by atoms with Crippen LogP contribution in [-0.4, -0.2) is 86.2 Å². The zero-order valence-electron chi connectivity index (χ0n) is 13.2. The van der Waals surface area contributed by atoms with Crippen LogP contribution in [0.3, 0.4) is 0 Å². The molecule has 0 aromatic rings. The molecule has 2 atom stereocenters. The van der Waals surface area contributed by atoms with Gasteiger partial charge in [0, 0.05) is 72.5 Å². The van der Waals surface area contributed by atoms with Gasteiger partial charge < -0.3 is 14.5 Å². The highest BCUT2D eigenvalue weighted by molar-refractivity contribution is 5.73. The number of nitrogens with zero attached hydrogens (tertiary/aromatic N) is 3. The van der Waals surface area contributed by atoms with Gasteiger partial charge in [-0.25, -0.2) is 0 Å². The monoisotopic (exact) mass is 283 g/mol.